The van der Waals surface area contributed by atoms with Crippen LogP contribution in [0.3, 0.4) is 0 Å². The van der Waals surface area contributed by atoms with Gasteiger partial charge in [-0.25, -0.2) is 0 Å². The Morgan fingerprint density at radius 2 is 2.44 bits per heavy atom. The molecule has 0 saturated carbocycles. The second kappa shape index (κ2) is 4.95. The molecule has 1 fully saturated rings. The molecule has 0 bridgehead atoms. The van der Waals surface area contributed by atoms with E-state index in [1.165, 1.54) is 0 Å². The van der Waals surface area contributed by atoms with Crippen molar-refractivity contribution in [1.82, 2.24) is 9.78 Å². The van der Waals surface area contributed by atoms with E-state index in [1.807, 2.05) is 18.7 Å². The van der Waals surface area contributed by atoms with Crippen molar-refractivity contribution in [2.45, 2.75) is 25.5 Å². The average molecular weight is 225 g/mol. The zero-order valence-corrected chi connectivity index (χ0v) is 9.85. The Labute approximate surface area is 95.5 Å². The van der Waals surface area contributed by atoms with Gasteiger partial charge in [-0.15, -0.1) is 0 Å². The molecule has 16 heavy (non-hydrogen) atoms. The molecule has 2 N–H and O–H groups in total. The van der Waals surface area contributed by atoms with Gasteiger partial charge in [0.25, 0.3) is 0 Å². The monoisotopic (exact) mass is 225 g/mol. The maximum Gasteiger partial charge on any atom is 0.0963 e. The van der Waals surface area contributed by atoms with Gasteiger partial charge in [0, 0.05) is 25.2 Å². The van der Waals surface area contributed by atoms with Crippen LogP contribution in [0.1, 0.15) is 11.4 Å². The molecule has 0 amide bonds. The van der Waals surface area contributed by atoms with Gasteiger partial charge in [-0.2, -0.15) is 5.10 Å². The van der Waals surface area contributed by atoms with Crippen LogP contribution >= 0.6 is 0 Å². The molecule has 5 heteroatoms. The molecule has 90 valence electrons. The number of hydrogen-bond acceptors (Lipinski definition) is 4. The Kier molecular flexibility index (Phi) is 3.58. The van der Waals surface area contributed by atoms with Crippen LogP contribution in [-0.2, 0) is 22.9 Å². The SMILES string of the molecule is Cc1cc(CC(N)C2COCCO2)n(C)n1. The van der Waals surface area contributed by atoms with Crippen LogP contribution in [-0.4, -0.2) is 41.7 Å². The van der Waals surface area contributed by atoms with Crippen molar-refractivity contribution in [3.8, 4) is 0 Å². The van der Waals surface area contributed by atoms with E-state index in [0.717, 1.165) is 17.8 Å². The van der Waals surface area contributed by atoms with Gasteiger partial charge in [0.15, 0.2) is 0 Å². The van der Waals surface area contributed by atoms with Gasteiger partial charge in [-0.3, -0.25) is 4.68 Å². The van der Waals surface area contributed by atoms with Crippen molar-refractivity contribution >= 4 is 0 Å². The highest BCUT2D eigenvalue weighted by Crippen LogP contribution is 2.10. The maximum atomic E-state index is 6.11. The zero-order valence-electron chi connectivity index (χ0n) is 9.85. The average Bonchev–Trinajstić information content (AvgIpc) is 2.59. The number of nitrogens with two attached hydrogens (primary N) is 1. The zero-order chi connectivity index (χ0) is 11.5. The maximum absolute atomic E-state index is 6.11. The third kappa shape index (κ3) is 2.61. The molecular formula is C11H19N3O2. The normalized spacial score (nSPS) is 23.3. The van der Waals surface area contributed by atoms with Gasteiger partial charge in [0.1, 0.15) is 0 Å². The number of ether oxygens (including phenoxy) is 2. The highest BCUT2D eigenvalue weighted by Gasteiger charge is 2.23. The quantitative estimate of drug-likeness (QED) is 0.787. The fraction of sp³-hybridized carbons (Fsp3) is 0.727. The molecule has 1 saturated heterocycles. The Bertz CT molecular complexity index is 345. The molecule has 2 rings (SSSR count). The minimum atomic E-state index is -0.0323. The molecule has 0 radical (unpaired) electrons. The third-order valence-corrected chi connectivity index (χ3v) is 2.86. The lowest BCUT2D eigenvalue weighted by atomic mass is 10.1. The first kappa shape index (κ1) is 11.6. The lowest BCUT2D eigenvalue weighted by Gasteiger charge is -2.27. The number of rotatable bonds is 3. The highest BCUT2D eigenvalue weighted by molar-refractivity contribution is 5.10. The van der Waals surface area contributed by atoms with E-state index in [0.29, 0.717) is 19.8 Å². The third-order valence-electron chi connectivity index (χ3n) is 2.86. The van der Waals surface area contributed by atoms with Gasteiger partial charge >= 0.3 is 0 Å². The minimum Gasteiger partial charge on any atom is -0.376 e. The largest absolute Gasteiger partial charge is 0.376 e. The first-order chi connectivity index (χ1) is 7.66. The molecular weight excluding hydrogens is 206 g/mol. The fourth-order valence-electron chi connectivity index (χ4n) is 1.98. The van der Waals surface area contributed by atoms with E-state index in [2.05, 4.69) is 11.2 Å². The summed E-state index contributed by atoms with van der Waals surface area (Å²) in [5, 5.41) is 4.30. The summed E-state index contributed by atoms with van der Waals surface area (Å²) in [6.45, 7) is 3.89. The van der Waals surface area contributed by atoms with Crippen LogP contribution in [0.4, 0.5) is 0 Å². The topological polar surface area (TPSA) is 62.3 Å². The van der Waals surface area contributed by atoms with Crippen molar-refractivity contribution in [3.63, 3.8) is 0 Å². The molecule has 2 heterocycles. The van der Waals surface area contributed by atoms with Gasteiger partial charge in [0.05, 0.1) is 31.6 Å². The second-order valence-electron chi connectivity index (χ2n) is 4.25. The number of aromatic nitrogens is 2. The summed E-state index contributed by atoms with van der Waals surface area (Å²) < 4.78 is 12.8. The van der Waals surface area contributed by atoms with E-state index in [1.54, 1.807) is 0 Å². The molecule has 1 aliphatic rings. The van der Waals surface area contributed by atoms with Gasteiger partial charge in [-0.05, 0) is 13.0 Å². The van der Waals surface area contributed by atoms with E-state index in [-0.39, 0.29) is 12.1 Å². The smallest absolute Gasteiger partial charge is 0.0963 e. The highest BCUT2D eigenvalue weighted by atomic mass is 16.6. The molecule has 2 atom stereocenters. The van der Waals surface area contributed by atoms with Gasteiger partial charge in [-0.1, -0.05) is 0 Å². The van der Waals surface area contributed by atoms with E-state index in [4.69, 9.17) is 15.2 Å². The first-order valence-corrected chi connectivity index (χ1v) is 5.61. The van der Waals surface area contributed by atoms with Crippen LogP contribution in [0.25, 0.3) is 0 Å². The lowest BCUT2D eigenvalue weighted by Crippen LogP contribution is -2.45. The predicted octanol–water partition coefficient (Wildman–Crippen LogP) is 0.0137. The van der Waals surface area contributed by atoms with Crippen molar-refractivity contribution in [1.29, 1.82) is 0 Å². The van der Waals surface area contributed by atoms with Crippen molar-refractivity contribution < 1.29 is 9.47 Å². The van der Waals surface area contributed by atoms with Crippen molar-refractivity contribution in [3.05, 3.63) is 17.5 Å². The molecule has 1 aromatic rings. The fourth-order valence-corrected chi connectivity index (χ4v) is 1.98. The van der Waals surface area contributed by atoms with Crippen LogP contribution in [0.5, 0.6) is 0 Å². The Morgan fingerprint density at radius 1 is 1.62 bits per heavy atom. The Hall–Kier alpha value is -0.910. The molecule has 0 aromatic carbocycles. The Balaban J connectivity index is 1.95. The summed E-state index contributed by atoms with van der Waals surface area (Å²) in [6.07, 6.45) is 0.773. The second-order valence-corrected chi connectivity index (χ2v) is 4.25. The summed E-state index contributed by atoms with van der Waals surface area (Å²) in [7, 11) is 1.94. The van der Waals surface area contributed by atoms with Crippen molar-refractivity contribution in [2.24, 2.45) is 12.8 Å². The van der Waals surface area contributed by atoms with Gasteiger partial charge < -0.3 is 15.2 Å². The van der Waals surface area contributed by atoms with Crippen LogP contribution < -0.4 is 5.73 Å². The lowest BCUT2D eigenvalue weighted by molar-refractivity contribution is -0.0969. The number of aryl methyl sites for hydroxylation is 2. The van der Waals surface area contributed by atoms with Gasteiger partial charge in [0.2, 0.25) is 0 Å². The Morgan fingerprint density at radius 3 is 3.00 bits per heavy atom. The van der Waals surface area contributed by atoms with Crippen LogP contribution in [0.2, 0.25) is 0 Å². The summed E-state index contributed by atoms with van der Waals surface area (Å²) in [5.41, 5.74) is 8.27. The molecule has 0 spiro atoms. The minimum absolute atomic E-state index is 0.00366. The number of nitrogens with zero attached hydrogens (tertiary/aromatic N) is 2. The molecule has 2 unspecified atom stereocenters. The first-order valence-electron chi connectivity index (χ1n) is 5.61. The molecule has 0 aliphatic carbocycles. The number of hydrogen-bond donors (Lipinski definition) is 1. The van der Waals surface area contributed by atoms with E-state index in [9.17, 15) is 0 Å². The summed E-state index contributed by atoms with van der Waals surface area (Å²) in [4.78, 5) is 0. The molecule has 1 aliphatic heterocycles. The standard InChI is InChI=1S/C11H19N3O2/c1-8-5-9(14(2)13-8)6-10(12)11-7-15-3-4-16-11/h5,10-11H,3-4,6-7,12H2,1-2H3. The molecule has 1 aromatic heterocycles. The van der Waals surface area contributed by atoms with E-state index < -0.39 is 0 Å². The van der Waals surface area contributed by atoms with Crippen LogP contribution in [0, 0.1) is 6.92 Å². The summed E-state index contributed by atoms with van der Waals surface area (Å²) in [5.74, 6) is 0. The van der Waals surface area contributed by atoms with Crippen molar-refractivity contribution in [2.75, 3.05) is 19.8 Å². The molecule has 5 nitrogen and oxygen atoms in total. The van der Waals surface area contributed by atoms with E-state index >= 15 is 0 Å². The summed E-state index contributed by atoms with van der Waals surface area (Å²) >= 11 is 0. The predicted molar refractivity (Wildman–Crippen MR) is 60.2 cm³/mol. The van der Waals surface area contributed by atoms with Crippen LogP contribution in [0.15, 0.2) is 6.07 Å². The summed E-state index contributed by atoms with van der Waals surface area (Å²) in [6, 6.07) is 2.03.